The van der Waals surface area contributed by atoms with Crippen molar-refractivity contribution in [3.8, 4) is 5.69 Å². The van der Waals surface area contributed by atoms with Crippen LogP contribution in [0.5, 0.6) is 0 Å². The van der Waals surface area contributed by atoms with Gasteiger partial charge in [0.1, 0.15) is 4.64 Å². The Labute approximate surface area is 170 Å². The molecule has 2 heterocycles. The molecule has 0 saturated carbocycles. The third-order valence-corrected chi connectivity index (χ3v) is 5.26. The number of H-pyrrole nitrogens is 1. The molecule has 0 amide bonds. The first-order valence-electron chi connectivity index (χ1n) is 8.51. The first-order chi connectivity index (χ1) is 13.0. The molecule has 0 aliphatic carbocycles. The molecule has 1 aromatic heterocycles. The molecule has 27 heavy (non-hydrogen) atoms. The maximum absolute atomic E-state index is 5.73. The Morgan fingerprint density at radius 3 is 2.48 bits per heavy atom. The quantitative estimate of drug-likeness (QED) is 0.532. The molecular weight excluding hydrogens is 424 g/mol. The molecule has 8 heteroatoms. The number of nitrogens with one attached hydrogen (secondary N) is 3. The Morgan fingerprint density at radius 2 is 1.78 bits per heavy atom. The number of nitrogens with zero attached hydrogens (tertiary/aromatic N) is 3. The number of halogens is 1. The van der Waals surface area contributed by atoms with E-state index in [-0.39, 0.29) is 0 Å². The molecular formula is C19H19BrN6S. The van der Waals surface area contributed by atoms with E-state index < -0.39 is 0 Å². The first-order valence-corrected chi connectivity index (χ1v) is 9.71. The van der Waals surface area contributed by atoms with E-state index in [0.717, 1.165) is 27.1 Å². The van der Waals surface area contributed by atoms with E-state index in [4.69, 9.17) is 12.2 Å². The fourth-order valence-electron chi connectivity index (χ4n) is 3.15. The second-order valence-electron chi connectivity index (χ2n) is 6.55. The molecule has 138 valence electrons. The number of amidine groups is 1. The van der Waals surface area contributed by atoms with Crippen molar-refractivity contribution >= 4 is 34.0 Å². The zero-order chi connectivity index (χ0) is 19.0. The van der Waals surface area contributed by atoms with Gasteiger partial charge in [0.25, 0.3) is 0 Å². The molecule has 0 bridgehead atoms. The minimum Gasteiger partial charge on any atom is -0.299 e. The number of hydrazine groups is 2. The van der Waals surface area contributed by atoms with Gasteiger partial charge in [-0.15, -0.1) is 10.6 Å². The number of aromatic nitrogens is 2. The van der Waals surface area contributed by atoms with E-state index >= 15 is 0 Å². The van der Waals surface area contributed by atoms with Crippen LogP contribution >= 0.6 is 28.1 Å². The van der Waals surface area contributed by atoms with Crippen molar-refractivity contribution in [2.45, 2.75) is 20.4 Å². The second-order valence-corrected chi connectivity index (χ2v) is 7.85. The zero-order valence-electron chi connectivity index (χ0n) is 15.0. The average molecular weight is 443 g/mol. The molecule has 1 aliphatic rings. The summed E-state index contributed by atoms with van der Waals surface area (Å²) in [6.45, 7) is 4.82. The zero-order valence-corrected chi connectivity index (χ0v) is 17.4. The van der Waals surface area contributed by atoms with Crippen molar-refractivity contribution in [2.24, 2.45) is 5.10 Å². The van der Waals surface area contributed by atoms with Crippen molar-refractivity contribution in [3.05, 3.63) is 80.0 Å². The molecule has 0 fully saturated rings. The molecule has 0 unspecified atom stereocenters. The third-order valence-electron chi connectivity index (χ3n) is 4.33. The van der Waals surface area contributed by atoms with Gasteiger partial charge in [-0.05, 0) is 54.8 Å². The van der Waals surface area contributed by atoms with Gasteiger partial charge in [0.15, 0.2) is 5.84 Å². The highest BCUT2D eigenvalue weighted by molar-refractivity contribution is 9.10. The Morgan fingerprint density at radius 1 is 1.07 bits per heavy atom. The number of rotatable bonds is 4. The number of benzene rings is 2. The predicted molar refractivity (Wildman–Crippen MR) is 113 cm³/mol. The highest BCUT2D eigenvalue weighted by Gasteiger charge is 2.22. The number of hydrogen-bond acceptors (Lipinski definition) is 5. The van der Waals surface area contributed by atoms with E-state index in [2.05, 4.69) is 81.4 Å². The number of hydrazone groups is 1. The van der Waals surface area contributed by atoms with Gasteiger partial charge in [0.05, 0.1) is 17.8 Å². The van der Waals surface area contributed by atoms with Gasteiger partial charge in [-0.1, -0.05) is 46.3 Å². The van der Waals surface area contributed by atoms with E-state index in [1.54, 1.807) is 0 Å². The van der Waals surface area contributed by atoms with Gasteiger partial charge in [0, 0.05) is 10.7 Å². The van der Waals surface area contributed by atoms with Crippen LogP contribution in [-0.4, -0.2) is 20.6 Å². The smallest absolute Gasteiger partial charge is 0.177 e. The van der Waals surface area contributed by atoms with Crippen LogP contribution in [0.25, 0.3) is 5.69 Å². The lowest BCUT2D eigenvalue weighted by Crippen LogP contribution is -2.40. The summed E-state index contributed by atoms with van der Waals surface area (Å²) in [6.07, 6.45) is 1.89. The molecule has 0 radical (unpaired) electrons. The van der Waals surface area contributed by atoms with Gasteiger partial charge in [-0.25, -0.2) is 10.2 Å². The molecule has 2 aromatic carbocycles. The number of aromatic amines is 1. The van der Waals surface area contributed by atoms with Crippen LogP contribution in [0.2, 0.25) is 0 Å². The van der Waals surface area contributed by atoms with Crippen LogP contribution in [0.1, 0.15) is 22.3 Å². The summed E-state index contributed by atoms with van der Waals surface area (Å²) in [5, 5.41) is 9.57. The van der Waals surface area contributed by atoms with Crippen LogP contribution in [-0.2, 0) is 6.54 Å². The van der Waals surface area contributed by atoms with Gasteiger partial charge >= 0.3 is 0 Å². The normalized spacial score (nSPS) is 13.6. The SMILES string of the molecule is Cc1cc(C)cc(-n2[nH]cc(C3=NNNN3Cc3ccc(Br)cc3)c2=S)c1. The average Bonchev–Trinajstić information content (AvgIpc) is 3.22. The highest BCUT2D eigenvalue weighted by atomic mass is 79.9. The lowest BCUT2D eigenvalue weighted by Gasteiger charge is -2.18. The third kappa shape index (κ3) is 3.69. The topological polar surface area (TPSA) is 60.4 Å². The fraction of sp³-hybridized carbons (Fsp3) is 0.158. The largest absolute Gasteiger partial charge is 0.299 e. The number of aryl methyl sites for hydroxylation is 2. The predicted octanol–water partition coefficient (Wildman–Crippen LogP) is 4.10. The summed E-state index contributed by atoms with van der Waals surface area (Å²) in [5.74, 6) is 0.752. The fourth-order valence-corrected chi connectivity index (χ4v) is 3.72. The maximum Gasteiger partial charge on any atom is 0.177 e. The maximum atomic E-state index is 5.73. The summed E-state index contributed by atoms with van der Waals surface area (Å²) >= 11 is 9.19. The van der Waals surface area contributed by atoms with Crippen LogP contribution in [0.15, 0.2) is 58.2 Å². The molecule has 1 aliphatic heterocycles. The monoisotopic (exact) mass is 442 g/mol. The molecule has 4 rings (SSSR count). The van der Waals surface area contributed by atoms with Crippen LogP contribution in [0.4, 0.5) is 0 Å². The van der Waals surface area contributed by atoms with Gasteiger partial charge < -0.3 is 0 Å². The van der Waals surface area contributed by atoms with Gasteiger partial charge in [-0.2, -0.15) is 0 Å². The standard InChI is InChI=1S/C19H19BrN6S/c1-12-7-13(2)9-16(8-12)26-19(27)17(10-21-26)18-22-23-24-25(18)11-14-3-5-15(20)6-4-14/h3-10,21,23-24H,11H2,1-2H3. The highest BCUT2D eigenvalue weighted by Crippen LogP contribution is 2.18. The van der Waals surface area contributed by atoms with Crippen molar-refractivity contribution in [3.63, 3.8) is 0 Å². The Kier molecular flexibility index (Phi) is 4.86. The number of hydrogen-bond donors (Lipinski definition) is 3. The van der Waals surface area contributed by atoms with Crippen molar-refractivity contribution in [2.75, 3.05) is 0 Å². The van der Waals surface area contributed by atoms with Crippen molar-refractivity contribution in [1.29, 1.82) is 0 Å². The second kappa shape index (κ2) is 7.30. The van der Waals surface area contributed by atoms with E-state index in [0.29, 0.717) is 11.2 Å². The molecule has 6 nitrogen and oxygen atoms in total. The molecule has 0 atom stereocenters. The van der Waals surface area contributed by atoms with Gasteiger partial charge in [0.2, 0.25) is 0 Å². The van der Waals surface area contributed by atoms with Gasteiger partial charge in [-0.3, -0.25) is 10.1 Å². The van der Waals surface area contributed by atoms with Crippen LogP contribution < -0.4 is 11.1 Å². The summed E-state index contributed by atoms with van der Waals surface area (Å²) in [7, 11) is 0. The molecule has 0 spiro atoms. The molecule has 3 N–H and O–H groups in total. The van der Waals surface area contributed by atoms with E-state index in [1.807, 2.05) is 28.0 Å². The Bertz CT molecular complexity index is 1050. The Hall–Kier alpha value is -2.42. The minimum absolute atomic E-state index is 0.655. The molecule has 3 aromatic rings. The van der Waals surface area contributed by atoms with E-state index in [1.165, 1.54) is 11.1 Å². The minimum atomic E-state index is 0.655. The summed E-state index contributed by atoms with van der Waals surface area (Å²) in [5.41, 5.74) is 11.3. The summed E-state index contributed by atoms with van der Waals surface area (Å²) in [4.78, 5) is 0. The lowest BCUT2D eigenvalue weighted by atomic mass is 10.1. The molecule has 0 saturated heterocycles. The van der Waals surface area contributed by atoms with Crippen LogP contribution in [0, 0.1) is 18.5 Å². The van der Waals surface area contributed by atoms with E-state index in [9.17, 15) is 0 Å². The Balaban J connectivity index is 1.64. The van der Waals surface area contributed by atoms with Crippen molar-refractivity contribution in [1.82, 2.24) is 25.9 Å². The van der Waals surface area contributed by atoms with Crippen LogP contribution in [0.3, 0.4) is 0 Å². The lowest BCUT2D eigenvalue weighted by molar-refractivity contribution is 0.288. The first kappa shape index (κ1) is 18.0. The van der Waals surface area contributed by atoms with Crippen molar-refractivity contribution < 1.29 is 0 Å². The summed E-state index contributed by atoms with van der Waals surface area (Å²) < 4.78 is 3.65. The summed E-state index contributed by atoms with van der Waals surface area (Å²) in [6, 6.07) is 14.6.